The van der Waals surface area contributed by atoms with Gasteiger partial charge in [-0.25, -0.2) is 5.43 Å². The molecule has 0 aliphatic carbocycles. The van der Waals surface area contributed by atoms with Gasteiger partial charge in [0.2, 0.25) is 0 Å². The lowest BCUT2D eigenvalue weighted by atomic mass is 10.2. The van der Waals surface area contributed by atoms with Crippen molar-refractivity contribution in [2.75, 3.05) is 12.4 Å². The Balaban J connectivity index is 1.90. The van der Waals surface area contributed by atoms with Gasteiger partial charge in [0.05, 0.1) is 19.0 Å². The fraction of sp³-hybridized carbons (Fsp3) is 0.250. The number of hydrogen-bond donors (Lipinski definition) is 2. The van der Waals surface area contributed by atoms with Crippen LogP contribution in [0, 0.1) is 6.92 Å². The van der Waals surface area contributed by atoms with E-state index in [9.17, 15) is 4.79 Å². The van der Waals surface area contributed by atoms with Crippen molar-refractivity contribution in [1.82, 2.24) is 5.43 Å². The smallest absolute Gasteiger partial charge is 0.262 e. The number of anilines is 1. The van der Waals surface area contributed by atoms with E-state index in [0.717, 1.165) is 11.4 Å². The second-order valence-electron chi connectivity index (χ2n) is 4.75. The number of carbonyl (C=O) groups is 1. The third kappa shape index (κ3) is 4.12. The van der Waals surface area contributed by atoms with Gasteiger partial charge < -0.3 is 14.5 Å². The van der Waals surface area contributed by atoms with Gasteiger partial charge in [0, 0.05) is 0 Å². The van der Waals surface area contributed by atoms with Gasteiger partial charge in [-0.05, 0) is 38.1 Å². The summed E-state index contributed by atoms with van der Waals surface area (Å²) in [5.41, 5.74) is 3.21. The highest BCUT2D eigenvalue weighted by molar-refractivity contribution is 5.86. The van der Waals surface area contributed by atoms with Crippen molar-refractivity contribution in [2.24, 2.45) is 5.10 Å². The van der Waals surface area contributed by atoms with Crippen molar-refractivity contribution in [3.8, 4) is 5.75 Å². The predicted molar refractivity (Wildman–Crippen MR) is 85.3 cm³/mol. The van der Waals surface area contributed by atoms with E-state index in [0.29, 0.717) is 11.5 Å². The summed E-state index contributed by atoms with van der Waals surface area (Å²) in [5.74, 6) is 1.80. The Kier molecular flexibility index (Phi) is 5.19. The first-order valence-corrected chi connectivity index (χ1v) is 6.89. The molecule has 0 saturated carbocycles. The van der Waals surface area contributed by atoms with E-state index in [2.05, 4.69) is 15.8 Å². The molecule has 0 bridgehead atoms. The zero-order chi connectivity index (χ0) is 15.9. The van der Waals surface area contributed by atoms with Crippen LogP contribution in [-0.2, 0) is 4.79 Å². The van der Waals surface area contributed by atoms with Crippen LogP contribution in [0.4, 0.5) is 5.69 Å². The quantitative estimate of drug-likeness (QED) is 0.635. The second kappa shape index (κ2) is 7.31. The van der Waals surface area contributed by atoms with Gasteiger partial charge in [0.1, 0.15) is 23.3 Å². The fourth-order valence-corrected chi connectivity index (χ4v) is 1.84. The Bertz CT molecular complexity index is 664. The molecule has 1 aromatic heterocycles. The van der Waals surface area contributed by atoms with Gasteiger partial charge in [0.25, 0.3) is 5.91 Å². The number of aryl methyl sites for hydroxylation is 1. The maximum Gasteiger partial charge on any atom is 0.262 e. The average molecular weight is 301 g/mol. The van der Waals surface area contributed by atoms with Gasteiger partial charge >= 0.3 is 0 Å². The average Bonchev–Trinajstić information content (AvgIpc) is 2.93. The monoisotopic (exact) mass is 301 g/mol. The number of hydrazone groups is 1. The standard InChI is InChI=1S/C16H19N3O3/c1-11-8-9-13(22-11)10-17-19-16(20)12(2)18-14-6-4-5-7-15(14)21-3/h4-10,12,18H,1-3H3,(H,19,20)/b17-10-/t12-/m0/s1. The summed E-state index contributed by atoms with van der Waals surface area (Å²) in [6.07, 6.45) is 1.46. The number of amides is 1. The SMILES string of the molecule is COc1ccccc1N[C@@H](C)C(=O)N/N=C\c1ccc(C)o1. The zero-order valence-corrected chi connectivity index (χ0v) is 12.8. The Hall–Kier alpha value is -2.76. The molecule has 0 saturated heterocycles. The summed E-state index contributed by atoms with van der Waals surface area (Å²) in [5, 5.41) is 6.95. The number of benzene rings is 1. The molecular weight excluding hydrogens is 282 g/mol. The molecular formula is C16H19N3O3. The Morgan fingerprint density at radius 3 is 2.77 bits per heavy atom. The number of rotatable bonds is 6. The largest absolute Gasteiger partial charge is 0.495 e. The van der Waals surface area contributed by atoms with E-state index in [1.807, 2.05) is 37.3 Å². The predicted octanol–water partition coefficient (Wildman–Crippen LogP) is 2.55. The van der Waals surface area contributed by atoms with Crippen LogP contribution in [0.1, 0.15) is 18.4 Å². The molecule has 0 fully saturated rings. The third-order valence-electron chi connectivity index (χ3n) is 3.00. The lowest BCUT2D eigenvalue weighted by Crippen LogP contribution is -2.35. The summed E-state index contributed by atoms with van der Waals surface area (Å²) in [4.78, 5) is 12.0. The van der Waals surface area contributed by atoms with Gasteiger partial charge in [-0.15, -0.1) is 0 Å². The lowest BCUT2D eigenvalue weighted by molar-refractivity contribution is -0.121. The van der Waals surface area contributed by atoms with Crippen molar-refractivity contribution in [3.05, 3.63) is 47.9 Å². The van der Waals surface area contributed by atoms with Crippen LogP contribution in [0.25, 0.3) is 0 Å². The van der Waals surface area contributed by atoms with Crippen molar-refractivity contribution in [1.29, 1.82) is 0 Å². The minimum Gasteiger partial charge on any atom is -0.495 e. The van der Waals surface area contributed by atoms with Crippen LogP contribution < -0.4 is 15.5 Å². The van der Waals surface area contributed by atoms with Crippen molar-refractivity contribution in [3.63, 3.8) is 0 Å². The molecule has 1 heterocycles. The van der Waals surface area contributed by atoms with Crippen LogP contribution in [0.2, 0.25) is 0 Å². The van der Waals surface area contributed by atoms with Crippen molar-refractivity contribution in [2.45, 2.75) is 19.9 Å². The number of carbonyl (C=O) groups excluding carboxylic acids is 1. The van der Waals surface area contributed by atoms with Crippen molar-refractivity contribution >= 4 is 17.8 Å². The van der Waals surface area contributed by atoms with E-state index >= 15 is 0 Å². The van der Waals surface area contributed by atoms with E-state index in [1.165, 1.54) is 6.21 Å². The molecule has 2 aromatic rings. The molecule has 0 unspecified atom stereocenters. The normalized spacial score (nSPS) is 12.1. The number of para-hydroxylation sites is 2. The van der Waals surface area contributed by atoms with E-state index in [-0.39, 0.29) is 5.91 Å². The first-order valence-electron chi connectivity index (χ1n) is 6.89. The van der Waals surface area contributed by atoms with Crippen molar-refractivity contribution < 1.29 is 13.9 Å². The number of methoxy groups -OCH3 is 1. The minimum atomic E-state index is -0.466. The van der Waals surface area contributed by atoms with Crippen LogP contribution in [-0.4, -0.2) is 25.3 Å². The van der Waals surface area contributed by atoms with Crippen LogP contribution in [0.3, 0.4) is 0 Å². The Morgan fingerprint density at radius 2 is 2.09 bits per heavy atom. The topological polar surface area (TPSA) is 75.9 Å². The van der Waals surface area contributed by atoms with Crippen LogP contribution in [0.15, 0.2) is 45.9 Å². The first-order chi connectivity index (χ1) is 10.6. The van der Waals surface area contributed by atoms with E-state index in [4.69, 9.17) is 9.15 Å². The number of furan rings is 1. The van der Waals surface area contributed by atoms with E-state index in [1.54, 1.807) is 20.1 Å². The molecule has 1 atom stereocenters. The fourth-order valence-electron chi connectivity index (χ4n) is 1.84. The highest BCUT2D eigenvalue weighted by Gasteiger charge is 2.13. The van der Waals surface area contributed by atoms with Gasteiger partial charge in [0.15, 0.2) is 0 Å². The highest BCUT2D eigenvalue weighted by Crippen LogP contribution is 2.23. The Labute approximate surface area is 129 Å². The molecule has 1 amide bonds. The maximum absolute atomic E-state index is 12.0. The Morgan fingerprint density at radius 1 is 1.32 bits per heavy atom. The maximum atomic E-state index is 12.0. The molecule has 0 radical (unpaired) electrons. The number of ether oxygens (including phenoxy) is 1. The summed E-state index contributed by atoms with van der Waals surface area (Å²) >= 11 is 0. The molecule has 0 aliphatic rings. The third-order valence-corrected chi connectivity index (χ3v) is 3.00. The van der Waals surface area contributed by atoms with Crippen LogP contribution in [0.5, 0.6) is 5.75 Å². The molecule has 22 heavy (non-hydrogen) atoms. The van der Waals surface area contributed by atoms with E-state index < -0.39 is 6.04 Å². The summed E-state index contributed by atoms with van der Waals surface area (Å²) < 4.78 is 10.5. The zero-order valence-electron chi connectivity index (χ0n) is 12.8. The van der Waals surface area contributed by atoms with Crippen LogP contribution >= 0.6 is 0 Å². The number of nitrogens with one attached hydrogen (secondary N) is 2. The van der Waals surface area contributed by atoms with Gasteiger partial charge in [-0.3, -0.25) is 4.79 Å². The molecule has 6 nitrogen and oxygen atoms in total. The summed E-state index contributed by atoms with van der Waals surface area (Å²) in [6.45, 7) is 3.59. The second-order valence-corrected chi connectivity index (χ2v) is 4.75. The summed E-state index contributed by atoms with van der Waals surface area (Å²) in [6, 6.07) is 10.5. The molecule has 1 aromatic carbocycles. The molecule has 2 N–H and O–H groups in total. The number of nitrogens with zero attached hydrogens (tertiary/aromatic N) is 1. The van der Waals surface area contributed by atoms with Gasteiger partial charge in [-0.2, -0.15) is 5.10 Å². The molecule has 0 spiro atoms. The summed E-state index contributed by atoms with van der Waals surface area (Å²) in [7, 11) is 1.58. The lowest BCUT2D eigenvalue weighted by Gasteiger charge is -2.15. The highest BCUT2D eigenvalue weighted by atomic mass is 16.5. The molecule has 2 rings (SSSR count). The number of hydrogen-bond acceptors (Lipinski definition) is 5. The molecule has 6 heteroatoms. The first kappa shape index (κ1) is 15.6. The minimum absolute atomic E-state index is 0.259. The van der Waals surface area contributed by atoms with Gasteiger partial charge in [-0.1, -0.05) is 12.1 Å². The molecule has 0 aliphatic heterocycles. The molecule has 116 valence electrons.